The first-order chi connectivity index (χ1) is 10.6. The number of hydrogen-bond donors (Lipinski definition) is 0. The van der Waals surface area contributed by atoms with E-state index >= 15 is 0 Å². The van der Waals surface area contributed by atoms with E-state index < -0.39 is 0 Å². The molecule has 3 heterocycles. The largest absolute Gasteiger partial charge is 0.336 e. The van der Waals surface area contributed by atoms with Gasteiger partial charge in [0.25, 0.3) is 5.91 Å². The Morgan fingerprint density at radius 3 is 2.50 bits per heavy atom. The number of rotatable bonds is 2. The molecule has 0 spiro atoms. The molecule has 0 aliphatic carbocycles. The lowest BCUT2D eigenvalue weighted by Gasteiger charge is -2.36. The van der Waals surface area contributed by atoms with E-state index in [0.29, 0.717) is 31.7 Å². The Morgan fingerprint density at radius 1 is 1.23 bits per heavy atom. The second kappa shape index (κ2) is 5.84. The Balaban J connectivity index is 1.60. The maximum absolute atomic E-state index is 12.3. The Hall–Kier alpha value is -2.28. The lowest BCUT2D eigenvalue weighted by atomic mass is 10.1. The third kappa shape index (κ3) is 2.59. The van der Waals surface area contributed by atoms with Gasteiger partial charge in [0.05, 0.1) is 18.0 Å². The lowest BCUT2D eigenvalue weighted by molar-refractivity contribution is -0.138. The van der Waals surface area contributed by atoms with Crippen LogP contribution in [0.25, 0.3) is 0 Å². The number of imide groups is 1. The van der Waals surface area contributed by atoms with Gasteiger partial charge in [-0.05, 0) is 12.1 Å². The molecular formula is C15H18N4O3. The number of amides is 3. The Bertz CT molecular complexity index is 596. The number of nitrogens with zero attached hydrogens (tertiary/aromatic N) is 4. The molecule has 116 valence electrons. The van der Waals surface area contributed by atoms with Gasteiger partial charge in [-0.1, -0.05) is 0 Å². The van der Waals surface area contributed by atoms with E-state index in [9.17, 15) is 14.4 Å². The van der Waals surface area contributed by atoms with Crippen LogP contribution in [-0.2, 0) is 9.59 Å². The van der Waals surface area contributed by atoms with Crippen molar-refractivity contribution in [2.24, 2.45) is 0 Å². The fourth-order valence-corrected chi connectivity index (χ4v) is 2.93. The third-order valence-electron chi connectivity index (χ3n) is 4.31. The molecule has 2 fully saturated rings. The van der Waals surface area contributed by atoms with Crippen molar-refractivity contribution in [2.75, 3.05) is 33.2 Å². The van der Waals surface area contributed by atoms with E-state index in [2.05, 4.69) is 4.98 Å². The van der Waals surface area contributed by atoms with Crippen LogP contribution in [0.4, 0.5) is 0 Å². The number of carbonyl (C=O) groups is 3. The average Bonchev–Trinajstić information content (AvgIpc) is 2.83. The summed E-state index contributed by atoms with van der Waals surface area (Å²) in [6.07, 6.45) is 3.43. The number of hydrogen-bond acceptors (Lipinski definition) is 5. The van der Waals surface area contributed by atoms with Gasteiger partial charge in [0.2, 0.25) is 11.8 Å². The summed E-state index contributed by atoms with van der Waals surface area (Å²) in [6, 6.07) is 3.12. The van der Waals surface area contributed by atoms with Crippen molar-refractivity contribution in [3.63, 3.8) is 0 Å². The van der Waals surface area contributed by atoms with Gasteiger partial charge in [0.1, 0.15) is 0 Å². The minimum atomic E-state index is -0.367. The molecule has 0 saturated carbocycles. The first kappa shape index (κ1) is 14.6. The summed E-state index contributed by atoms with van der Waals surface area (Å²) < 4.78 is 0. The van der Waals surface area contributed by atoms with Gasteiger partial charge in [-0.15, -0.1) is 0 Å². The standard InChI is InChI=1S/C15H18N4O3/c1-17-13(20)9-12(15(17)22)18-5-7-19(8-6-18)14(21)11-3-2-4-16-10-11/h2-4,10,12H,5-9H2,1H3. The molecule has 1 aromatic rings. The van der Waals surface area contributed by atoms with Gasteiger partial charge in [0.15, 0.2) is 0 Å². The zero-order valence-corrected chi connectivity index (χ0v) is 12.4. The lowest BCUT2D eigenvalue weighted by Crippen LogP contribution is -2.53. The molecule has 1 aromatic heterocycles. The second-order valence-corrected chi connectivity index (χ2v) is 5.58. The summed E-state index contributed by atoms with van der Waals surface area (Å²) >= 11 is 0. The highest BCUT2D eigenvalue weighted by molar-refractivity contribution is 6.05. The fourth-order valence-electron chi connectivity index (χ4n) is 2.93. The monoisotopic (exact) mass is 302 g/mol. The molecule has 2 saturated heterocycles. The van der Waals surface area contributed by atoms with Gasteiger partial charge >= 0.3 is 0 Å². The number of piperazine rings is 1. The van der Waals surface area contributed by atoms with Crippen molar-refractivity contribution in [3.8, 4) is 0 Å². The molecule has 2 aliphatic heterocycles. The molecular weight excluding hydrogens is 284 g/mol. The zero-order valence-electron chi connectivity index (χ0n) is 12.4. The van der Waals surface area contributed by atoms with Gasteiger partial charge < -0.3 is 4.90 Å². The van der Waals surface area contributed by atoms with Gasteiger partial charge in [-0.25, -0.2) is 0 Å². The summed E-state index contributed by atoms with van der Waals surface area (Å²) in [4.78, 5) is 44.9. The molecule has 3 rings (SSSR count). The van der Waals surface area contributed by atoms with E-state index in [-0.39, 0.29) is 30.2 Å². The molecule has 0 N–H and O–H groups in total. The number of carbonyl (C=O) groups excluding carboxylic acids is 3. The number of likely N-dealkylation sites (tertiary alicyclic amines) is 1. The predicted octanol–water partition coefficient (Wildman–Crippen LogP) is -0.403. The first-order valence-electron chi connectivity index (χ1n) is 7.31. The SMILES string of the molecule is CN1C(=O)CC(N2CCN(C(=O)c3cccnc3)CC2)C1=O. The quantitative estimate of drug-likeness (QED) is 0.695. The average molecular weight is 302 g/mol. The first-order valence-corrected chi connectivity index (χ1v) is 7.31. The molecule has 1 unspecified atom stereocenters. The van der Waals surface area contributed by atoms with Crippen molar-refractivity contribution < 1.29 is 14.4 Å². The summed E-state index contributed by atoms with van der Waals surface area (Å²) in [7, 11) is 1.52. The topological polar surface area (TPSA) is 73.8 Å². The van der Waals surface area contributed by atoms with Crippen molar-refractivity contribution in [3.05, 3.63) is 30.1 Å². The second-order valence-electron chi connectivity index (χ2n) is 5.58. The maximum atomic E-state index is 12.3. The van der Waals surface area contributed by atoms with Crippen LogP contribution in [-0.4, -0.2) is 76.7 Å². The molecule has 7 nitrogen and oxygen atoms in total. The van der Waals surface area contributed by atoms with E-state index in [1.165, 1.54) is 11.9 Å². The molecule has 22 heavy (non-hydrogen) atoms. The number of likely N-dealkylation sites (N-methyl/N-ethyl adjacent to an activating group) is 1. The van der Waals surface area contributed by atoms with Gasteiger partial charge in [-0.3, -0.25) is 29.2 Å². The smallest absolute Gasteiger partial charge is 0.255 e. The molecule has 1 atom stereocenters. The summed E-state index contributed by atoms with van der Waals surface area (Å²) in [6.45, 7) is 2.30. The van der Waals surface area contributed by atoms with Crippen molar-refractivity contribution in [2.45, 2.75) is 12.5 Å². The van der Waals surface area contributed by atoms with E-state index in [1.807, 2.05) is 4.90 Å². The summed E-state index contributed by atoms with van der Waals surface area (Å²) in [5.74, 6) is -0.320. The van der Waals surface area contributed by atoms with Crippen LogP contribution < -0.4 is 0 Å². The molecule has 3 amide bonds. The molecule has 0 aromatic carbocycles. The van der Waals surface area contributed by atoms with E-state index in [0.717, 1.165) is 0 Å². The Morgan fingerprint density at radius 2 is 1.95 bits per heavy atom. The van der Waals surface area contributed by atoms with Gasteiger partial charge in [-0.2, -0.15) is 0 Å². The third-order valence-corrected chi connectivity index (χ3v) is 4.31. The minimum Gasteiger partial charge on any atom is -0.336 e. The van der Waals surface area contributed by atoms with Crippen LogP contribution in [0, 0.1) is 0 Å². The van der Waals surface area contributed by atoms with Crippen molar-refractivity contribution in [1.82, 2.24) is 19.7 Å². The fraction of sp³-hybridized carbons (Fsp3) is 0.467. The van der Waals surface area contributed by atoms with E-state index in [4.69, 9.17) is 0 Å². The minimum absolute atomic E-state index is 0.0429. The van der Waals surface area contributed by atoms with Crippen LogP contribution in [0.5, 0.6) is 0 Å². The number of pyridine rings is 1. The molecule has 2 aliphatic rings. The summed E-state index contributed by atoms with van der Waals surface area (Å²) in [5.41, 5.74) is 0.572. The maximum Gasteiger partial charge on any atom is 0.255 e. The van der Waals surface area contributed by atoms with E-state index in [1.54, 1.807) is 29.4 Å². The van der Waals surface area contributed by atoms with Crippen LogP contribution in [0.1, 0.15) is 16.8 Å². The zero-order chi connectivity index (χ0) is 15.7. The van der Waals surface area contributed by atoms with Crippen LogP contribution in [0.3, 0.4) is 0 Å². The Kier molecular flexibility index (Phi) is 3.89. The van der Waals surface area contributed by atoms with Crippen LogP contribution >= 0.6 is 0 Å². The molecule has 0 radical (unpaired) electrons. The highest BCUT2D eigenvalue weighted by Crippen LogP contribution is 2.19. The molecule has 7 heteroatoms. The highest BCUT2D eigenvalue weighted by Gasteiger charge is 2.40. The van der Waals surface area contributed by atoms with Crippen LogP contribution in [0.15, 0.2) is 24.5 Å². The van der Waals surface area contributed by atoms with Crippen molar-refractivity contribution >= 4 is 17.7 Å². The van der Waals surface area contributed by atoms with Crippen molar-refractivity contribution in [1.29, 1.82) is 0 Å². The summed E-state index contributed by atoms with van der Waals surface area (Å²) in [5, 5.41) is 0. The highest BCUT2D eigenvalue weighted by atomic mass is 16.2. The number of aromatic nitrogens is 1. The normalized spacial score (nSPS) is 23.2. The van der Waals surface area contributed by atoms with Gasteiger partial charge in [0, 0.05) is 45.6 Å². The Labute approximate surface area is 128 Å². The predicted molar refractivity (Wildman–Crippen MR) is 77.9 cm³/mol. The van der Waals surface area contributed by atoms with Crippen LogP contribution in [0.2, 0.25) is 0 Å². The molecule has 0 bridgehead atoms.